The van der Waals surface area contributed by atoms with Gasteiger partial charge in [0.2, 0.25) is 0 Å². The first kappa shape index (κ1) is 18.1. The molecule has 1 aliphatic rings. The van der Waals surface area contributed by atoms with Crippen LogP contribution in [0.25, 0.3) is 11.0 Å². The third-order valence-corrected chi connectivity index (χ3v) is 5.07. The van der Waals surface area contributed by atoms with Crippen LogP contribution in [0, 0.1) is 0 Å². The number of anilines is 1. The number of aromatic amines is 1. The zero-order valence-corrected chi connectivity index (χ0v) is 15.2. The highest BCUT2D eigenvalue weighted by atomic mass is 19.1. The average molecular weight is 347 g/mol. The van der Waals surface area contributed by atoms with E-state index in [1.807, 2.05) is 6.20 Å². The molecule has 1 unspecified atom stereocenters. The molecule has 0 amide bonds. The first-order chi connectivity index (χ1) is 12.2. The van der Waals surface area contributed by atoms with Crippen molar-refractivity contribution in [2.75, 3.05) is 25.4 Å². The number of rotatable bonds is 9. The van der Waals surface area contributed by atoms with E-state index in [1.165, 1.54) is 5.56 Å². The number of aryl methyl sites for hydroxylation is 2. The molecule has 3 rings (SSSR count). The maximum atomic E-state index is 13.2. The van der Waals surface area contributed by atoms with Gasteiger partial charge in [-0.15, -0.1) is 0 Å². The minimum atomic E-state index is -0.613. The second-order valence-corrected chi connectivity index (χ2v) is 7.16. The van der Waals surface area contributed by atoms with E-state index in [0.717, 1.165) is 74.9 Å². The predicted octanol–water partition coefficient (Wildman–Crippen LogP) is 3.64. The van der Waals surface area contributed by atoms with Crippen LogP contribution >= 0.6 is 0 Å². The van der Waals surface area contributed by atoms with Crippen LogP contribution in [-0.2, 0) is 12.8 Å². The van der Waals surface area contributed by atoms with Gasteiger partial charge in [-0.3, -0.25) is 0 Å². The number of nitrogens with two attached hydrogens (primary N) is 1. The number of halogens is 1. The molecule has 1 atom stereocenters. The van der Waals surface area contributed by atoms with Crippen LogP contribution in [0.15, 0.2) is 6.20 Å². The summed E-state index contributed by atoms with van der Waals surface area (Å²) in [5.41, 5.74) is 9.16. The molecule has 3 N–H and O–H groups in total. The predicted molar refractivity (Wildman–Crippen MR) is 100 cm³/mol. The van der Waals surface area contributed by atoms with Gasteiger partial charge in [0.05, 0.1) is 5.52 Å². The Labute approximate surface area is 149 Å². The molecule has 2 aromatic rings. The second kappa shape index (κ2) is 8.61. The monoisotopic (exact) mass is 347 g/mol. The first-order valence-electron chi connectivity index (χ1n) is 9.66. The van der Waals surface area contributed by atoms with Crippen LogP contribution in [0.4, 0.5) is 10.2 Å². The highest BCUT2D eigenvalue weighted by molar-refractivity contribution is 5.87. The fourth-order valence-electron chi connectivity index (χ4n) is 3.58. The number of H-pyrrole nitrogens is 1. The molecule has 25 heavy (non-hydrogen) atoms. The summed E-state index contributed by atoms with van der Waals surface area (Å²) < 4.78 is 13.2. The number of likely N-dealkylation sites (tertiary alicyclic amines) is 1. The number of aromatic nitrogens is 3. The number of fused-ring (bicyclic) bond motifs is 1. The smallest absolute Gasteiger partial charge is 0.151 e. The lowest BCUT2D eigenvalue weighted by molar-refractivity contribution is 0.283. The van der Waals surface area contributed by atoms with Crippen molar-refractivity contribution in [2.45, 2.75) is 64.5 Å². The summed E-state index contributed by atoms with van der Waals surface area (Å²) in [4.78, 5) is 14.6. The Morgan fingerprint density at radius 2 is 2.12 bits per heavy atom. The van der Waals surface area contributed by atoms with Gasteiger partial charge in [-0.2, -0.15) is 0 Å². The van der Waals surface area contributed by atoms with Crippen molar-refractivity contribution < 1.29 is 4.39 Å². The van der Waals surface area contributed by atoms with E-state index < -0.39 is 6.17 Å². The van der Waals surface area contributed by atoms with Crippen molar-refractivity contribution in [3.63, 3.8) is 0 Å². The van der Waals surface area contributed by atoms with Gasteiger partial charge < -0.3 is 15.6 Å². The molecular weight excluding hydrogens is 317 g/mol. The van der Waals surface area contributed by atoms with Crippen molar-refractivity contribution >= 4 is 16.9 Å². The zero-order valence-electron chi connectivity index (χ0n) is 15.2. The maximum Gasteiger partial charge on any atom is 0.151 e. The van der Waals surface area contributed by atoms with Gasteiger partial charge in [-0.05, 0) is 44.2 Å². The number of nitrogens with zero attached hydrogens (tertiary/aromatic N) is 3. The molecule has 2 aromatic heterocycles. The number of nitrogen functional groups attached to an aromatic ring is 1. The van der Waals surface area contributed by atoms with Gasteiger partial charge >= 0.3 is 0 Å². The molecule has 5 nitrogen and oxygen atoms in total. The summed E-state index contributed by atoms with van der Waals surface area (Å²) in [7, 11) is 0. The van der Waals surface area contributed by atoms with Crippen LogP contribution in [0.5, 0.6) is 0 Å². The second-order valence-electron chi connectivity index (χ2n) is 7.16. The Balaban J connectivity index is 1.51. The number of hydrogen-bond donors (Lipinski definition) is 2. The quantitative estimate of drug-likeness (QED) is 0.680. The Kier molecular flexibility index (Phi) is 6.24. The standard InChI is InChI=1S/C19H30FN5/c1-2-3-8-16-23-17-14(12-22-18(17)19(21)24-16)7-5-4-6-10-25-11-9-15(20)13-25/h12,15,22H,2-11,13H2,1H3,(H2,21,23,24). The van der Waals surface area contributed by atoms with Crippen molar-refractivity contribution in [2.24, 2.45) is 0 Å². The topological polar surface area (TPSA) is 70.8 Å². The number of nitrogens with one attached hydrogen (secondary N) is 1. The number of alkyl halides is 1. The highest BCUT2D eigenvalue weighted by Crippen LogP contribution is 2.23. The molecule has 3 heterocycles. The average Bonchev–Trinajstić information content (AvgIpc) is 3.19. The number of hydrogen-bond acceptors (Lipinski definition) is 4. The first-order valence-corrected chi connectivity index (χ1v) is 9.66. The SMILES string of the molecule is CCCCc1nc(N)c2[nH]cc(CCCCCN3CCC(F)C3)c2n1. The van der Waals surface area contributed by atoms with Crippen LogP contribution in [0.2, 0.25) is 0 Å². The molecule has 0 saturated carbocycles. The summed E-state index contributed by atoms with van der Waals surface area (Å²) >= 11 is 0. The van der Waals surface area contributed by atoms with E-state index in [-0.39, 0.29) is 0 Å². The highest BCUT2D eigenvalue weighted by Gasteiger charge is 2.20. The fraction of sp³-hybridized carbons (Fsp3) is 0.684. The number of unbranched alkanes of at least 4 members (excludes halogenated alkanes) is 3. The zero-order chi connectivity index (χ0) is 17.6. The van der Waals surface area contributed by atoms with Gasteiger partial charge in [0.1, 0.15) is 17.5 Å². The van der Waals surface area contributed by atoms with Gasteiger partial charge in [0.15, 0.2) is 5.82 Å². The lowest BCUT2D eigenvalue weighted by Gasteiger charge is -2.13. The minimum absolute atomic E-state index is 0.553. The molecule has 0 aromatic carbocycles. The van der Waals surface area contributed by atoms with Crippen molar-refractivity contribution in [3.05, 3.63) is 17.6 Å². The normalized spacial score (nSPS) is 18.4. The van der Waals surface area contributed by atoms with E-state index in [2.05, 4.69) is 21.8 Å². The lowest BCUT2D eigenvalue weighted by atomic mass is 10.1. The molecule has 0 spiro atoms. The van der Waals surface area contributed by atoms with Crippen LogP contribution in [0.1, 0.15) is 56.8 Å². The fourth-order valence-corrected chi connectivity index (χ4v) is 3.58. The minimum Gasteiger partial charge on any atom is -0.382 e. The lowest BCUT2D eigenvalue weighted by Crippen LogP contribution is -2.22. The summed E-state index contributed by atoms with van der Waals surface area (Å²) in [5, 5.41) is 0. The molecule has 1 aliphatic heterocycles. The third-order valence-electron chi connectivity index (χ3n) is 5.07. The third kappa shape index (κ3) is 4.69. The van der Waals surface area contributed by atoms with E-state index in [0.29, 0.717) is 18.8 Å². The molecule has 1 saturated heterocycles. The van der Waals surface area contributed by atoms with Crippen molar-refractivity contribution in [1.29, 1.82) is 0 Å². The molecule has 0 aliphatic carbocycles. The van der Waals surface area contributed by atoms with Gasteiger partial charge in [-0.1, -0.05) is 19.8 Å². The molecule has 6 heteroatoms. The summed E-state index contributed by atoms with van der Waals surface area (Å²) in [6, 6.07) is 0. The molecule has 138 valence electrons. The Morgan fingerprint density at radius 3 is 2.88 bits per heavy atom. The van der Waals surface area contributed by atoms with Crippen LogP contribution < -0.4 is 5.73 Å². The van der Waals surface area contributed by atoms with Crippen molar-refractivity contribution in [1.82, 2.24) is 19.9 Å². The Morgan fingerprint density at radius 1 is 1.24 bits per heavy atom. The molecular formula is C19H30FN5. The Hall–Kier alpha value is -1.69. The van der Waals surface area contributed by atoms with E-state index in [4.69, 9.17) is 10.7 Å². The van der Waals surface area contributed by atoms with Gasteiger partial charge in [-0.25, -0.2) is 14.4 Å². The van der Waals surface area contributed by atoms with Gasteiger partial charge in [0.25, 0.3) is 0 Å². The van der Waals surface area contributed by atoms with Crippen LogP contribution in [0.3, 0.4) is 0 Å². The van der Waals surface area contributed by atoms with Crippen molar-refractivity contribution in [3.8, 4) is 0 Å². The van der Waals surface area contributed by atoms with Crippen LogP contribution in [-0.4, -0.2) is 45.7 Å². The van der Waals surface area contributed by atoms with E-state index >= 15 is 0 Å². The maximum absolute atomic E-state index is 13.2. The molecule has 1 fully saturated rings. The van der Waals surface area contributed by atoms with Gasteiger partial charge in [0, 0.05) is 25.7 Å². The largest absolute Gasteiger partial charge is 0.382 e. The molecule has 0 radical (unpaired) electrons. The van der Waals surface area contributed by atoms with E-state index in [1.54, 1.807) is 0 Å². The summed E-state index contributed by atoms with van der Waals surface area (Å²) in [6.07, 6.45) is 9.61. The Bertz CT molecular complexity index is 684. The molecule has 0 bridgehead atoms. The summed E-state index contributed by atoms with van der Waals surface area (Å²) in [5.74, 6) is 1.40. The van der Waals surface area contributed by atoms with E-state index in [9.17, 15) is 4.39 Å². The summed E-state index contributed by atoms with van der Waals surface area (Å²) in [6.45, 7) is 4.73.